The average molecular weight is 327 g/mol. The van der Waals surface area contributed by atoms with Gasteiger partial charge in [-0.25, -0.2) is 8.78 Å². The summed E-state index contributed by atoms with van der Waals surface area (Å²) in [6, 6.07) is 6.98. The van der Waals surface area contributed by atoms with E-state index >= 15 is 0 Å². The lowest BCUT2D eigenvalue weighted by Crippen LogP contribution is -1.96. The van der Waals surface area contributed by atoms with Gasteiger partial charge in [0, 0.05) is 5.56 Å². The van der Waals surface area contributed by atoms with Gasteiger partial charge in [0.1, 0.15) is 12.0 Å². The van der Waals surface area contributed by atoms with Crippen LogP contribution >= 0.6 is 15.9 Å². The molecule has 2 aromatic rings. The van der Waals surface area contributed by atoms with E-state index in [9.17, 15) is 13.6 Å². The molecule has 2 aromatic carbocycles. The van der Waals surface area contributed by atoms with Crippen LogP contribution in [0.15, 0.2) is 34.8 Å². The SMILES string of the molecule is Cc1ccc(Oc2c(F)cc(C=O)cc2F)c(Br)c1. The summed E-state index contributed by atoms with van der Waals surface area (Å²) in [6.07, 6.45) is 0.373. The molecule has 0 atom stereocenters. The topological polar surface area (TPSA) is 26.3 Å². The summed E-state index contributed by atoms with van der Waals surface area (Å²) in [7, 11) is 0. The second-order valence-corrected chi connectivity index (χ2v) is 4.82. The summed E-state index contributed by atoms with van der Waals surface area (Å²) in [5.74, 6) is -2.08. The zero-order chi connectivity index (χ0) is 14.0. The van der Waals surface area contributed by atoms with E-state index in [4.69, 9.17) is 4.74 Å². The van der Waals surface area contributed by atoms with Crippen molar-refractivity contribution in [3.05, 3.63) is 57.6 Å². The zero-order valence-electron chi connectivity index (χ0n) is 9.91. The lowest BCUT2D eigenvalue weighted by Gasteiger charge is -2.10. The number of rotatable bonds is 3. The Labute approximate surface area is 117 Å². The van der Waals surface area contributed by atoms with E-state index in [1.54, 1.807) is 18.2 Å². The van der Waals surface area contributed by atoms with Gasteiger partial charge in [0.15, 0.2) is 17.4 Å². The van der Waals surface area contributed by atoms with Crippen molar-refractivity contribution in [3.63, 3.8) is 0 Å². The van der Waals surface area contributed by atoms with Gasteiger partial charge in [0.25, 0.3) is 0 Å². The molecule has 0 spiro atoms. The van der Waals surface area contributed by atoms with Crippen LogP contribution in [0.3, 0.4) is 0 Å². The molecule has 2 rings (SSSR count). The molecular formula is C14H9BrF2O2. The molecular weight excluding hydrogens is 318 g/mol. The highest BCUT2D eigenvalue weighted by Crippen LogP contribution is 2.33. The van der Waals surface area contributed by atoms with Crippen molar-refractivity contribution in [1.29, 1.82) is 0 Å². The third kappa shape index (κ3) is 2.98. The number of benzene rings is 2. The first-order chi connectivity index (χ1) is 9.01. The predicted molar refractivity (Wildman–Crippen MR) is 70.7 cm³/mol. The fourth-order valence-electron chi connectivity index (χ4n) is 1.54. The van der Waals surface area contributed by atoms with E-state index in [1.807, 2.05) is 6.92 Å². The minimum Gasteiger partial charge on any atom is -0.450 e. The Bertz CT molecular complexity index is 618. The van der Waals surface area contributed by atoms with Crippen LogP contribution in [0.25, 0.3) is 0 Å². The Kier molecular flexibility index (Phi) is 3.95. The van der Waals surface area contributed by atoms with Crippen molar-refractivity contribution in [2.75, 3.05) is 0 Å². The van der Waals surface area contributed by atoms with E-state index in [2.05, 4.69) is 15.9 Å². The quantitative estimate of drug-likeness (QED) is 0.768. The summed E-state index contributed by atoms with van der Waals surface area (Å²) in [5.41, 5.74) is 0.904. The zero-order valence-corrected chi connectivity index (χ0v) is 11.5. The van der Waals surface area contributed by atoms with Crippen molar-refractivity contribution in [1.82, 2.24) is 0 Å². The van der Waals surface area contributed by atoms with Gasteiger partial charge < -0.3 is 4.74 Å². The molecule has 2 nitrogen and oxygen atoms in total. The minimum absolute atomic E-state index is 0.0784. The number of ether oxygens (including phenoxy) is 1. The first-order valence-corrected chi connectivity index (χ1v) is 6.19. The number of aldehydes is 1. The molecule has 0 saturated carbocycles. The van der Waals surface area contributed by atoms with Crippen LogP contribution in [0, 0.1) is 18.6 Å². The van der Waals surface area contributed by atoms with Crippen LogP contribution in [-0.4, -0.2) is 6.29 Å². The van der Waals surface area contributed by atoms with Crippen LogP contribution in [0.2, 0.25) is 0 Å². The van der Waals surface area contributed by atoms with Gasteiger partial charge >= 0.3 is 0 Å². The van der Waals surface area contributed by atoms with E-state index in [-0.39, 0.29) is 5.56 Å². The van der Waals surface area contributed by atoms with E-state index in [0.29, 0.717) is 16.5 Å². The maximum Gasteiger partial charge on any atom is 0.198 e. The Hall–Kier alpha value is -1.75. The Morgan fingerprint density at radius 1 is 1.16 bits per heavy atom. The highest BCUT2D eigenvalue weighted by molar-refractivity contribution is 9.10. The second kappa shape index (κ2) is 5.48. The maximum absolute atomic E-state index is 13.7. The third-order valence-corrected chi connectivity index (χ3v) is 3.08. The van der Waals surface area contributed by atoms with Crippen molar-refractivity contribution >= 4 is 22.2 Å². The van der Waals surface area contributed by atoms with Gasteiger partial charge in [0.05, 0.1) is 4.47 Å². The fourth-order valence-corrected chi connectivity index (χ4v) is 2.12. The van der Waals surface area contributed by atoms with E-state index in [1.165, 1.54) is 0 Å². The molecule has 0 amide bonds. The molecule has 0 heterocycles. The van der Waals surface area contributed by atoms with E-state index < -0.39 is 17.4 Å². The largest absolute Gasteiger partial charge is 0.450 e. The molecule has 0 aliphatic rings. The normalized spacial score (nSPS) is 10.3. The highest BCUT2D eigenvalue weighted by atomic mass is 79.9. The monoisotopic (exact) mass is 326 g/mol. The van der Waals surface area contributed by atoms with Gasteiger partial charge in [-0.05, 0) is 52.7 Å². The number of carbonyl (C=O) groups is 1. The lowest BCUT2D eigenvalue weighted by molar-refractivity contribution is 0.112. The molecule has 0 aromatic heterocycles. The smallest absolute Gasteiger partial charge is 0.198 e. The number of aryl methyl sites for hydroxylation is 1. The lowest BCUT2D eigenvalue weighted by atomic mass is 10.2. The van der Waals surface area contributed by atoms with Gasteiger partial charge in [-0.2, -0.15) is 0 Å². The fraction of sp³-hybridized carbons (Fsp3) is 0.0714. The summed E-state index contributed by atoms with van der Waals surface area (Å²) in [5, 5.41) is 0. The molecule has 0 aliphatic carbocycles. The first kappa shape index (κ1) is 13.7. The molecule has 0 N–H and O–H groups in total. The van der Waals surface area contributed by atoms with Crippen LogP contribution < -0.4 is 4.74 Å². The number of hydrogen-bond acceptors (Lipinski definition) is 2. The van der Waals surface area contributed by atoms with Crippen molar-refractivity contribution in [2.24, 2.45) is 0 Å². The average Bonchev–Trinajstić information content (AvgIpc) is 2.35. The van der Waals surface area contributed by atoms with E-state index in [0.717, 1.165) is 17.7 Å². The first-order valence-electron chi connectivity index (χ1n) is 5.39. The number of carbonyl (C=O) groups excluding carboxylic acids is 1. The van der Waals surface area contributed by atoms with Crippen molar-refractivity contribution < 1.29 is 18.3 Å². The van der Waals surface area contributed by atoms with Gasteiger partial charge in [-0.3, -0.25) is 4.79 Å². The van der Waals surface area contributed by atoms with Crippen molar-refractivity contribution in [3.8, 4) is 11.5 Å². The summed E-state index contributed by atoms with van der Waals surface area (Å²) in [6.45, 7) is 1.88. The van der Waals surface area contributed by atoms with Crippen LogP contribution in [-0.2, 0) is 0 Å². The third-order valence-electron chi connectivity index (χ3n) is 2.46. The van der Waals surface area contributed by atoms with Crippen LogP contribution in [0.5, 0.6) is 11.5 Å². The predicted octanol–water partition coefficient (Wildman–Crippen LogP) is 4.64. The summed E-state index contributed by atoms with van der Waals surface area (Å²) < 4.78 is 33.1. The molecule has 0 saturated heterocycles. The molecule has 0 fully saturated rings. The Morgan fingerprint density at radius 3 is 2.32 bits per heavy atom. The maximum atomic E-state index is 13.7. The van der Waals surface area contributed by atoms with Crippen LogP contribution in [0.1, 0.15) is 15.9 Å². The molecule has 19 heavy (non-hydrogen) atoms. The molecule has 5 heteroatoms. The minimum atomic E-state index is -0.922. The Balaban J connectivity index is 2.41. The number of hydrogen-bond donors (Lipinski definition) is 0. The number of halogens is 3. The summed E-state index contributed by atoms with van der Waals surface area (Å²) >= 11 is 3.26. The molecule has 0 bridgehead atoms. The molecule has 0 radical (unpaired) electrons. The highest BCUT2D eigenvalue weighted by Gasteiger charge is 2.14. The standard InChI is InChI=1S/C14H9BrF2O2/c1-8-2-3-13(10(15)4-8)19-14-11(16)5-9(7-18)6-12(14)17/h2-7H,1H3. The Morgan fingerprint density at radius 2 is 1.79 bits per heavy atom. The molecule has 98 valence electrons. The van der Waals surface area contributed by atoms with Gasteiger partial charge in [-0.15, -0.1) is 0 Å². The van der Waals surface area contributed by atoms with Crippen molar-refractivity contribution in [2.45, 2.75) is 6.92 Å². The van der Waals surface area contributed by atoms with Gasteiger partial charge in [-0.1, -0.05) is 6.07 Å². The second-order valence-electron chi connectivity index (χ2n) is 3.97. The van der Waals surface area contributed by atoms with Crippen LogP contribution in [0.4, 0.5) is 8.78 Å². The summed E-state index contributed by atoms with van der Waals surface area (Å²) in [4.78, 5) is 10.5. The molecule has 0 unspecified atom stereocenters. The van der Waals surface area contributed by atoms with Gasteiger partial charge in [0.2, 0.25) is 0 Å². The molecule has 0 aliphatic heterocycles.